The maximum atomic E-state index is 13.3. The number of amides is 1. The molecule has 0 aromatic heterocycles. The van der Waals surface area contributed by atoms with Gasteiger partial charge in [-0.15, -0.1) is 0 Å². The van der Waals surface area contributed by atoms with Crippen molar-refractivity contribution >= 4 is 11.6 Å². The maximum Gasteiger partial charge on any atom is 0.253 e. The smallest absolute Gasteiger partial charge is 0.253 e. The van der Waals surface area contributed by atoms with Gasteiger partial charge in [-0.3, -0.25) is 4.79 Å². The number of benzene rings is 3. The quantitative estimate of drug-likeness (QED) is 0.384. The van der Waals surface area contributed by atoms with Gasteiger partial charge in [0.05, 0.1) is 0 Å². The second kappa shape index (κ2) is 10.9. The number of hydrogen-bond acceptors (Lipinski definition) is 2. The molecule has 34 heavy (non-hydrogen) atoms. The number of likely N-dealkylation sites (tertiary alicyclic amines) is 1. The van der Waals surface area contributed by atoms with Gasteiger partial charge in [0.2, 0.25) is 0 Å². The van der Waals surface area contributed by atoms with Gasteiger partial charge < -0.3 is 9.80 Å². The molecule has 0 spiro atoms. The van der Waals surface area contributed by atoms with Crippen molar-refractivity contribution in [3.63, 3.8) is 0 Å². The molecule has 1 aliphatic rings. The molecule has 1 fully saturated rings. The van der Waals surface area contributed by atoms with Crippen molar-refractivity contribution in [2.75, 3.05) is 18.0 Å². The number of carbonyl (C=O) groups excluding carboxylic acids is 1. The molecule has 3 aromatic rings. The molecule has 0 unspecified atom stereocenters. The van der Waals surface area contributed by atoms with Crippen LogP contribution in [0, 0.1) is 5.92 Å². The summed E-state index contributed by atoms with van der Waals surface area (Å²) in [6.45, 7) is 10.5. The second-order valence-corrected chi connectivity index (χ2v) is 10.1. The van der Waals surface area contributed by atoms with Gasteiger partial charge in [0, 0.05) is 42.3 Å². The van der Waals surface area contributed by atoms with Crippen LogP contribution in [0.4, 0.5) is 5.69 Å². The number of hydrogen-bond donors (Lipinski definition) is 0. The third kappa shape index (κ3) is 5.35. The lowest BCUT2D eigenvalue weighted by molar-refractivity contribution is 0.0683. The molecule has 1 saturated heterocycles. The van der Waals surface area contributed by atoms with Crippen molar-refractivity contribution in [1.82, 2.24) is 4.90 Å². The Morgan fingerprint density at radius 3 is 1.65 bits per heavy atom. The van der Waals surface area contributed by atoms with Crippen LogP contribution in [0.3, 0.4) is 0 Å². The van der Waals surface area contributed by atoms with E-state index in [9.17, 15) is 4.79 Å². The molecule has 3 nitrogen and oxygen atoms in total. The van der Waals surface area contributed by atoms with Crippen LogP contribution in [0.25, 0.3) is 0 Å². The third-order valence-corrected chi connectivity index (χ3v) is 7.14. The normalized spacial score (nSPS) is 14.7. The Kier molecular flexibility index (Phi) is 7.72. The lowest BCUT2D eigenvalue weighted by Gasteiger charge is -2.37. The molecule has 3 heteroatoms. The summed E-state index contributed by atoms with van der Waals surface area (Å²) >= 11 is 0. The minimum Gasteiger partial charge on any atom is -0.367 e. The van der Waals surface area contributed by atoms with Crippen LogP contribution in [0.2, 0.25) is 0 Å². The monoisotopic (exact) mass is 454 g/mol. The first-order valence-corrected chi connectivity index (χ1v) is 12.7. The predicted octanol–water partition coefficient (Wildman–Crippen LogP) is 6.99. The zero-order valence-electron chi connectivity index (χ0n) is 21.0. The first kappa shape index (κ1) is 24.1. The molecule has 0 N–H and O–H groups in total. The van der Waals surface area contributed by atoms with Crippen molar-refractivity contribution in [3.05, 3.63) is 102 Å². The largest absolute Gasteiger partial charge is 0.367 e. The topological polar surface area (TPSA) is 23.6 Å². The van der Waals surface area contributed by atoms with Gasteiger partial charge in [-0.1, -0.05) is 60.7 Å². The van der Waals surface area contributed by atoms with E-state index in [1.807, 2.05) is 17.0 Å². The summed E-state index contributed by atoms with van der Waals surface area (Å²) in [5, 5.41) is 0. The van der Waals surface area contributed by atoms with Gasteiger partial charge >= 0.3 is 0 Å². The van der Waals surface area contributed by atoms with Gasteiger partial charge in [0.1, 0.15) is 0 Å². The fraction of sp³-hybridized carbons (Fsp3) is 0.387. The highest BCUT2D eigenvalue weighted by atomic mass is 16.2. The number of piperidine rings is 1. The molecule has 3 aromatic carbocycles. The zero-order valence-corrected chi connectivity index (χ0v) is 21.0. The zero-order chi connectivity index (χ0) is 24.1. The van der Waals surface area contributed by atoms with Gasteiger partial charge in [-0.25, -0.2) is 0 Å². The van der Waals surface area contributed by atoms with Crippen molar-refractivity contribution in [1.29, 1.82) is 0 Å². The Balaban J connectivity index is 1.45. The van der Waals surface area contributed by atoms with Crippen LogP contribution in [0.5, 0.6) is 0 Å². The molecule has 1 amide bonds. The number of carbonyl (C=O) groups is 1. The summed E-state index contributed by atoms with van der Waals surface area (Å²) in [6.07, 6.45) is 2.04. The molecular weight excluding hydrogens is 416 g/mol. The van der Waals surface area contributed by atoms with Gasteiger partial charge in [0.15, 0.2) is 0 Å². The van der Waals surface area contributed by atoms with Gasteiger partial charge in [-0.2, -0.15) is 0 Å². The molecule has 0 saturated carbocycles. The van der Waals surface area contributed by atoms with E-state index in [1.165, 1.54) is 16.8 Å². The first-order chi connectivity index (χ1) is 16.5. The lowest BCUT2D eigenvalue weighted by Crippen LogP contribution is -2.40. The van der Waals surface area contributed by atoms with Crippen LogP contribution < -0.4 is 4.90 Å². The SMILES string of the molecule is CC(C)N(c1ccc(C(=O)N2CCC(C(c3ccccc3)c3ccccc3)CC2)cc1)C(C)C. The Morgan fingerprint density at radius 2 is 1.21 bits per heavy atom. The summed E-state index contributed by atoms with van der Waals surface area (Å²) < 4.78 is 0. The highest BCUT2D eigenvalue weighted by molar-refractivity contribution is 5.94. The van der Waals surface area contributed by atoms with E-state index in [1.54, 1.807) is 0 Å². The van der Waals surface area contributed by atoms with E-state index in [-0.39, 0.29) is 5.91 Å². The number of anilines is 1. The van der Waals surface area contributed by atoms with E-state index in [4.69, 9.17) is 0 Å². The average Bonchev–Trinajstić information content (AvgIpc) is 2.86. The third-order valence-electron chi connectivity index (χ3n) is 7.14. The average molecular weight is 455 g/mol. The summed E-state index contributed by atoms with van der Waals surface area (Å²) in [6, 6.07) is 30.7. The molecule has 0 radical (unpaired) electrons. The van der Waals surface area contributed by atoms with E-state index in [2.05, 4.69) is 105 Å². The van der Waals surface area contributed by atoms with E-state index in [0.29, 0.717) is 23.9 Å². The highest BCUT2D eigenvalue weighted by Gasteiger charge is 2.30. The Labute approximate surface area is 205 Å². The minimum atomic E-state index is 0.154. The summed E-state index contributed by atoms with van der Waals surface area (Å²) in [7, 11) is 0. The fourth-order valence-electron chi connectivity index (χ4n) is 5.64. The number of nitrogens with zero attached hydrogens (tertiary/aromatic N) is 2. The standard InChI is InChI=1S/C31H38N2O/c1-23(2)33(24(3)4)29-17-15-28(16-18-29)31(34)32-21-19-27(20-22-32)30(25-11-7-5-8-12-25)26-13-9-6-10-14-26/h5-18,23-24,27,30H,19-22H2,1-4H3. The minimum absolute atomic E-state index is 0.154. The first-order valence-electron chi connectivity index (χ1n) is 12.7. The van der Waals surface area contributed by atoms with Crippen LogP contribution in [-0.4, -0.2) is 36.0 Å². The molecule has 0 atom stereocenters. The highest BCUT2D eigenvalue weighted by Crippen LogP contribution is 2.38. The van der Waals surface area contributed by atoms with E-state index < -0.39 is 0 Å². The molecular formula is C31H38N2O. The molecule has 1 aliphatic heterocycles. The fourth-order valence-corrected chi connectivity index (χ4v) is 5.64. The molecule has 0 aliphatic carbocycles. The lowest BCUT2D eigenvalue weighted by atomic mass is 9.76. The molecule has 1 heterocycles. The van der Waals surface area contributed by atoms with Crippen LogP contribution in [0.1, 0.15) is 67.9 Å². The van der Waals surface area contributed by atoms with Crippen LogP contribution in [0.15, 0.2) is 84.9 Å². The Hall–Kier alpha value is -3.07. The Bertz CT molecular complexity index is 988. The molecule has 178 valence electrons. The second-order valence-electron chi connectivity index (χ2n) is 10.1. The van der Waals surface area contributed by atoms with Gasteiger partial charge in [0.25, 0.3) is 5.91 Å². The van der Waals surface area contributed by atoms with Crippen LogP contribution in [-0.2, 0) is 0 Å². The maximum absolute atomic E-state index is 13.3. The Morgan fingerprint density at radius 1 is 0.735 bits per heavy atom. The van der Waals surface area contributed by atoms with Crippen molar-refractivity contribution in [3.8, 4) is 0 Å². The van der Waals surface area contributed by atoms with Crippen molar-refractivity contribution < 1.29 is 4.79 Å². The summed E-state index contributed by atoms with van der Waals surface area (Å²) in [5.41, 5.74) is 4.70. The van der Waals surface area contributed by atoms with E-state index >= 15 is 0 Å². The predicted molar refractivity (Wildman–Crippen MR) is 143 cm³/mol. The number of rotatable bonds is 7. The van der Waals surface area contributed by atoms with Crippen LogP contribution >= 0.6 is 0 Å². The summed E-state index contributed by atoms with van der Waals surface area (Å²) in [5.74, 6) is 1.06. The van der Waals surface area contributed by atoms with E-state index in [0.717, 1.165) is 31.5 Å². The van der Waals surface area contributed by atoms with Gasteiger partial charge in [-0.05, 0) is 81.8 Å². The molecule has 0 bridgehead atoms. The van der Waals surface area contributed by atoms with Crippen molar-refractivity contribution in [2.45, 2.75) is 58.5 Å². The summed E-state index contributed by atoms with van der Waals surface area (Å²) in [4.78, 5) is 17.7. The molecule has 4 rings (SSSR count). The van der Waals surface area contributed by atoms with Crippen molar-refractivity contribution in [2.24, 2.45) is 5.92 Å².